The number of fused-ring (bicyclic) bond motifs is 2. The molecule has 0 saturated carbocycles. The Balaban J connectivity index is 1.96. The second-order valence-corrected chi connectivity index (χ2v) is 6.29. The van der Waals surface area contributed by atoms with Gasteiger partial charge in [0, 0.05) is 35.4 Å². The molecule has 5 heteroatoms. The van der Waals surface area contributed by atoms with Gasteiger partial charge in [0.05, 0.1) is 0 Å². The van der Waals surface area contributed by atoms with E-state index in [4.69, 9.17) is 11.6 Å². The molecule has 2 aromatic rings. The molecule has 4 nitrogen and oxygen atoms in total. The van der Waals surface area contributed by atoms with E-state index in [2.05, 4.69) is 10.3 Å². The number of ketones is 1. The number of halogens is 1. The second-order valence-electron chi connectivity index (χ2n) is 5.86. The third-order valence-corrected chi connectivity index (χ3v) is 4.86. The average Bonchev–Trinajstić information content (AvgIpc) is 2.82. The van der Waals surface area contributed by atoms with E-state index in [1.807, 2.05) is 18.2 Å². The molecule has 1 aliphatic heterocycles. The van der Waals surface area contributed by atoms with Gasteiger partial charge in [-0.05, 0) is 35.4 Å². The molecule has 1 amide bonds. The summed E-state index contributed by atoms with van der Waals surface area (Å²) >= 11 is 6.04. The Hall–Kier alpha value is -2.46. The monoisotopic (exact) mass is 324 g/mol. The molecule has 1 N–H and O–H groups in total. The molecule has 4 rings (SSSR count). The zero-order chi connectivity index (χ0) is 16.0. The number of anilines is 1. The third kappa shape index (κ3) is 2.02. The van der Waals surface area contributed by atoms with E-state index in [1.165, 1.54) is 6.08 Å². The Morgan fingerprint density at radius 3 is 2.91 bits per heavy atom. The first-order valence-corrected chi connectivity index (χ1v) is 7.72. The molecule has 2 atom stereocenters. The highest BCUT2D eigenvalue weighted by atomic mass is 35.5. The van der Waals surface area contributed by atoms with Crippen LogP contribution in [0.5, 0.6) is 0 Å². The van der Waals surface area contributed by atoms with Crippen LogP contribution in [-0.4, -0.2) is 16.7 Å². The minimum absolute atomic E-state index is 0.0136. The predicted molar refractivity (Wildman–Crippen MR) is 87.5 cm³/mol. The molecule has 0 bridgehead atoms. The van der Waals surface area contributed by atoms with Gasteiger partial charge in [0.15, 0.2) is 5.78 Å². The van der Waals surface area contributed by atoms with Crippen LogP contribution in [0.15, 0.2) is 54.9 Å². The maximum absolute atomic E-state index is 12.9. The van der Waals surface area contributed by atoms with E-state index in [1.54, 1.807) is 30.6 Å². The number of pyridine rings is 1. The van der Waals surface area contributed by atoms with Crippen LogP contribution < -0.4 is 5.32 Å². The van der Waals surface area contributed by atoms with E-state index in [0.717, 1.165) is 11.1 Å². The summed E-state index contributed by atoms with van der Waals surface area (Å²) in [4.78, 5) is 29.0. The van der Waals surface area contributed by atoms with Crippen LogP contribution in [0, 0.1) is 0 Å². The molecular weight excluding hydrogens is 312 g/mol. The zero-order valence-corrected chi connectivity index (χ0v) is 12.9. The van der Waals surface area contributed by atoms with Crippen LogP contribution in [0.4, 0.5) is 5.69 Å². The first-order valence-electron chi connectivity index (χ1n) is 7.35. The maximum atomic E-state index is 12.9. The van der Waals surface area contributed by atoms with Gasteiger partial charge in [-0.3, -0.25) is 14.6 Å². The number of nitrogens with zero attached hydrogens (tertiary/aromatic N) is 1. The number of nitrogens with one attached hydrogen (secondary N) is 1. The van der Waals surface area contributed by atoms with Gasteiger partial charge in [0.1, 0.15) is 5.41 Å². The summed E-state index contributed by atoms with van der Waals surface area (Å²) in [6, 6.07) is 9.11. The standard InChI is InChI=1S/C18H13ClN2O2/c19-12-3-4-14-16(8-12)21-17(23)18(14)6-5-13(22)9-15(18)11-2-1-7-20-10-11/h1-8,10,15H,9H2,(H,21,23)/t15-,18-/m0/s1. The van der Waals surface area contributed by atoms with Crippen molar-refractivity contribution in [1.82, 2.24) is 4.98 Å². The molecule has 0 fully saturated rings. The van der Waals surface area contributed by atoms with Crippen molar-refractivity contribution >= 4 is 29.0 Å². The van der Waals surface area contributed by atoms with Crippen molar-refractivity contribution < 1.29 is 9.59 Å². The van der Waals surface area contributed by atoms with Gasteiger partial charge < -0.3 is 5.32 Å². The molecular formula is C18H13ClN2O2. The zero-order valence-electron chi connectivity index (χ0n) is 12.1. The number of benzene rings is 1. The minimum atomic E-state index is -0.892. The molecule has 114 valence electrons. The summed E-state index contributed by atoms with van der Waals surface area (Å²) in [5.41, 5.74) is 1.54. The quantitative estimate of drug-likeness (QED) is 0.876. The number of hydrogen-bond acceptors (Lipinski definition) is 3. The van der Waals surface area contributed by atoms with Crippen molar-refractivity contribution in [1.29, 1.82) is 0 Å². The van der Waals surface area contributed by atoms with Crippen molar-refractivity contribution in [2.24, 2.45) is 0 Å². The first kappa shape index (κ1) is 14.2. The van der Waals surface area contributed by atoms with Crippen molar-refractivity contribution in [3.8, 4) is 0 Å². The maximum Gasteiger partial charge on any atom is 0.239 e. The van der Waals surface area contributed by atoms with E-state index >= 15 is 0 Å². The van der Waals surface area contributed by atoms with Gasteiger partial charge in [-0.15, -0.1) is 0 Å². The number of carbonyl (C=O) groups excluding carboxylic acids is 2. The number of aromatic nitrogens is 1. The lowest BCUT2D eigenvalue weighted by Crippen LogP contribution is -2.42. The van der Waals surface area contributed by atoms with Gasteiger partial charge in [-0.1, -0.05) is 29.8 Å². The van der Waals surface area contributed by atoms with Crippen molar-refractivity contribution in [2.75, 3.05) is 5.32 Å². The highest BCUT2D eigenvalue weighted by Crippen LogP contribution is 2.51. The number of carbonyl (C=O) groups is 2. The van der Waals surface area contributed by atoms with Gasteiger partial charge in [0.2, 0.25) is 5.91 Å². The van der Waals surface area contributed by atoms with Crippen molar-refractivity contribution in [3.05, 3.63) is 71.0 Å². The SMILES string of the molecule is O=C1C=C[C@@]2(C(=O)Nc3cc(Cl)ccc32)[C@H](c2cccnc2)C1. The van der Waals surface area contributed by atoms with Gasteiger partial charge in [-0.25, -0.2) is 0 Å². The average molecular weight is 325 g/mol. The van der Waals surface area contributed by atoms with Crippen LogP contribution >= 0.6 is 11.6 Å². The molecule has 2 heterocycles. The molecule has 0 saturated heterocycles. The molecule has 0 unspecified atom stereocenters. The Bertz CT molecular complexity index is 847. The lowest BCUT2D eigenvalue weighted by molar-refractivity contribution is -0.121. The fraction of sp³-hybridized carbons (Fsp3) is 0.167. The Morgan fingerprint density at radius 2 is 2.13 bits per heavy atom. The predicted octanol–water partition coefficient (Wildman–Crippen LogP) is 3.24. The highest BCUT2D eigenvalue weighted by molar-refractivity contribution is 6.31. The van der Waals surface area contributed by atoms with Crippen molar-refractivity contribution in [3.63, 3.8) is 0 Å². The summed E-state index contributed by atoms with van der Waals surface area (Å²) in [6.07, 6.45) is 6.92. The fourth-order valence-corrected chi connectivity index (χ4v) is 3.75. The number of allylic oxidation sites excluding steroid dienone is 1. The second kappa shape index (κ2) is 5.03. The summed E-state index contributed by atoms with van der Waals surface area (Å²) < 4.78 is 0. The van der Waals surface area contributed by atoms with Gasteiger partial charge in [0.25, 0.3) is 0 Å². The topological polar surface area (TPSA) is 59.1 Å². The number of hydrogen-bond donors (Lipinski definition) is 1. The molecule has 0 radical (unpaired) electrons. The van der Waals surface area contributed by atoms with Gasteiger partial charge >= 0.3 is 0 Å². The Kier molecular flexibility index (Phi) is 3.10. The summed E-state index contributed by atoms with van der Waals surface area (Å²) in [7, 11) is 0. The van der Waals surface area contributed by atoms with E-state index in [0.29, 0.717) is 10.7 Å². The highest BCUT2D eigenvalue weighted by Gasteiger charge is 2.53. The lowest BCUT2D eigenvalue weighted by atomic mass is 9.64. The molecule has 1 aliphatic carbocycles. The van der Waals surface area contributed by atoms with Crippen LogP contribution in [0.2, 0.25) is 5.02 Å². The Labute approximate surface area is 138 Å². The molecule has 23 heavy (non-hydrogen) atoms. The summed E-state index contributed by atoms with van der Waals surface area (Å²) in [5, 5.41) is 3.47. The van der Waals surface area contributed by atoms with Crippen LogP contribution in [0.3, 0.4) is 0 Å². The summed E-state index contributed by atoms with van der Waals surface area (Å²) in [6.45, 7) is 0. The van der Waals surface area contributed by atoms with E-state index < -0.39 is 5.41 Å². The van der Waals surface area contributed by atoms with E-state index in [9.17, 15) is 9.59 Å². The summed E-state index contributed by atoms with van der Waals surface area (Å²) in [5.74, 6) is -0.400. The normalized spacial score (nSPS) is 25.5. The smallest absolute Gasteiger partial charge is 0.239 e. The molecule has 2 aliphatic rings. The third-order valence-electron chi connectivity index (χ3n) is 4.63. The molecule has 1 spiro atoms. The first-order chi connectivity index (χ1) is 11.1. The fourth-order valence-electron chi connectivity index (χ4n) is 3.57. The van der Waals surface area contributed by atoms with Gasteiger partial charge in [-0.2, -0.15) is 0 Å². The van der Waals surface area contributed by atoms with Crippen LogP contribution in [-0.2, 0) is 15.0 Å². The van der Waals surface area contributed by atoms with E-state index in [-0.39, 0.29) is 24.0 Å². The van der Waals surface area contributed by atoms with Crippen LogP contribution in [0.1, 0.15) is 23.5 Å². The lowest BCUT2D eigenvalue weighted by Gasteiger charge is -2.35. The molecule has 1 aromatic heterocycles. The number of amides is 1. The Morgan fingerprint density at radius 1 is 1.26 bits per heavy atom. The minimum Gasteiger partial charge on any atom is -0.325 e. The van der Waals surface area contributed by atoms with Crippen LogP contribution in [0.25, 0.3) is 0 Å². The van der Waals surface area contributed by atoms with Crippen molar-refractivity contribution in [2.45, 2.75) is 17.8 Å². The number of rotatable bonds is 1. The molecule has 1 aromatic carbocycles. The largest absolute Gasteiger partial charge is 0.325 e.